The van der Waals surface area contributed by atoms with Gasteiger partial charge >= 0.3 is 0 Å². The molecule has 1 unspecified atom stereocenters. The van der Waals surface area contributed by atoms with Crippen molar-refractivity contribution < 1.29 is 9.47 Å². The molecule has 0 aliphatic carbocycles. The Hall–Kier alpha value is -1.36. The summed E-state index contributed by atoms with van der Waals surface area (Å²) >= 11 is 1.74. The van der Waals surface area contributed by atoms with Crippen LogP contribution < -0.4 is 15.4 Å². The van der Waals surface area contributed by atoms with Crippen LogP contribution in [0.2, 0.25) is 0 Å². The van der Waals surface area contributed by atoms with Gasteiger partial charge in [-0.15, -0.1) is 24.0 Å². The molecule has 0 saturated carbocycles. The van der Waals surface area contributed by atoms with E-state index in [4.69, 9.17) is 9.47 Å². The number of ether oxygens (including phenoxy) is 2. The molecule has 1 fully saturated rings. The number of halogens is 1. The summed E-state index contributed by atoms with van der Waals surface area (Å²) in [6, 6.07) is 10.4. The molecule has 0 bridgehead atoms. The minimum Gasteiger partial charge on any atom is -0.492 e. The molecule has 1 aromatic heterocycles. The van der Waals surface area contributed by atoms with Crippen molar-refractivity contribution in [3.63, 3.8) is 0 Å². The summed E-state index contributed by atoms with van der Waals surface area (Å²) in [5.74, 6) is 2.17. The molecule has 8 heteroatoms. The van der Waals surface area contributed by atoms with Crippen molar-refractivity contribution in [2.45, 2.75) is 19.4 Å². The van der Waals surface area contributed by atoms with Crippen molar-refractivity contribution in [3.05, 3.63) is 52.2 Å². The van der Waals surface area contributed by atoms with E-state index in [9.17, 15) is 0 Å². The monoisotopic (exact) mass is 544 g/mol. The third-order valence-electron chi connectivity index (χ3n) is 5.10. The van der Waals surface area contributed by atoms with Gasteiger partial charge in [0, 0.05) is 45.3 Å². The molecule has 6 nitrogen and oxygen atoms in total. The predicted molar refractivity (Wildman–Crippen MR) is 136 cm³/mol. The van der Waals surface area contributed by atoms with Crippen molar-refractivity contribution in [1.82, 2.24) is 15.5 Å². The molecule has 1 saturated heterocycles. The van der Waals surface area contributed by atoms with Crippen molar-refractivity contribution in [2.75, 3.05) is 53.0 Å². The maximum absolute atomic E-state index is 6.07. The Bertz CT molecular complexity index is 751. The summed E-state index contributed by atoms with van der Waals surface area (Å²) in [4.78, 5) is 6.73. The quantitative estimate of drug-likeness (QED) is 0.288. The minimum atomic E-state index is 0. The maximum Gasteiger partial charge on any atom is 0.191 e. The fourth-order valence-corrected chi connectivity index (χ4v) is 4.01. The first-order valence-electron chi connectivity index (χ1n) is 10.2. The Kier molecular flexibility index (Phi) is 11.5. The van der Waals surface area contributed by atoms with Crippen LogP contribution >= 0.6 is 35.3 Å². The van der Waals surface area contributed by atoms with E-state index in [1.807, 2.05) is 18.2 Å². The van der Waals surface area contributed by atoms with E-state index in [1.54, 1.807) is 18.4 Å². The number of benzene rings is 1. The van der Waals surface area contributed by atoms with Crippen LogP contribution in [0.1, 0.15) is 24.0 Å². The molecule has 2 N–H and O–H groups in total. The molecule has 1 aliphatic rings. The number of hydrogen-bond acceptors (Lipinski definition) is 5. The number of nitrogens with zero attached hydrogens (tertiary/aromatic N) is 2. The number of hydrogen-bond donors (Lipinski definition) is 2. The lowest BCUT2D eigenvalue weighted by molar-refractivity contribution is 0.0322. The highest BCUT2D eigenvalue weighted by atomic mass is 127. The normalized spacial score (nSPS) is 15.9. The zero-order valence-corrected chi connectivity index (χ0v) is 20.9. The van der Waals surface area contributed by atoms with Crippen LogP contribution in [0.3, 0.4) is 0 Å². The number of rotatable bonds is 9. The molecule has 1 atom stereocenters. The first-order valence-corrected chi connectivity index (χ1v) is 11.2. The van der Waals surface area contributed by atoms with Crippen LogP contribution in [0, 0.1) is 0 Å². The van der Waals surface area contributed by atoms with Gasteiger partial charge in [-0.05, 0) is 34.4 Å². The second-order valence-corrected chi connectivity index (χ2v) is 7.95. The molecule has 166 valence electrons. The van der Waals surface area contributed by atoms with Crippen LogP contribution in [0.4, 0.5) is 0 Å². The van der Waals surface area contributed by atoms with E-state index in [0.29, 0.717) is 19.1 Å². The highest BCUT2D eigenvalue weighted by molar-refractivity contribution is 14.0. The highest BCUT2D eigenvalue weighted by Crippen LogP contribution is 2.18. The zero-order valence-electron chi connectivity index (χ0n) is 17.8. The molecule has 1 aromatic carbocycles. The number of morpholine rings is 1. The average Bonchev–Trinajstić information content (AvgIpc) is 3.30. The SMILES string of the molecule is CN=C(NCc1ccccc1OCCN1CCOCC1)NCC(C)c1ccsc1.I. The van der Waals surface area contributed by atoms with E-state index >= 15 is 0 Å². The van der Waals surface area contributed by atoms with Crippen LogP contribution in [0.5, 0.6) is 5.75 Å². The average molecular weight is 545 g/mol. The number of nitrogens with one attached hydrogen (secondary N) is 2. The molecule has 0 amide bonds. The molecule has 2 aromatic rings. The van der Waals surface area contributed by atoms with Gasteiger partial charge in [0.15, 0.2) is 5.96 Å². The second kappa shape index (κ2) is 13.8. The Morgan fingerprint density at radius 3 is 2.77 bits per heavy atom. The van der Waals surface area contributed by atoms with Crippen LogP contribution in [-0.2, 0) is 11.3 Å². The molecular formula is C22H33IN4O2S. The Morgan fingerprint density at radius 1 is 1.23 bits per heavy atom. The highest BCUT2D eigenvalue weighted by Gasteiger charge is 2.11. The van der Waals surface area contributed by atoms with Crippen LogP contribution in [0.25, 0.3) is 0 Å². The van der Waals surface area contributed by atoms with Gasteiger partial charge in [0.05, 0.1) is 13.2 Å². The summed E-state index contributed by atoms with van der Waals surface area (Å²) < 4.78 is 11.5. The summed E-state index contributed by atoms with van der Waals surface area (Å²) in [6.07, 6.45) is 0. The Balaban J connectivity index is 0.00000320. The summed E-state index contributed by atoms with van der Waals surface area (Å²) in [5.41, 5.74) is 2.49. The van der Waals surface area contributed by atoms with Gasteiger partial charge in [0.25, 0.3) is 0 Å². The Morgan fingerprint density at radius 2 is 2.03 bits per heavy atom. The van der Waals surface area contributed by atoms with Crippen LogP contribution in [-0.4, -0.2) is 63.9 Å². The van der Waals surface area contributed by atoms with Gasteiger partial charge < -0.3 is 20.1 Å². The molecule has 0 radical (unpaired) electrons. The lowest BCUT2D eigenvalue weighted by Gasteiger charge is -2.26. The van der Waals surface area contributed by atoms with E-state index in [1.165, 1.54) is 5.56 Å². The van der Waals surface area contributed by atoms with Gasteiger partial charge in [-0.2, -0.15) is 11.3 Å². The first-order chi connectivity index (χ1) is 14.3. The molecule has 2 heterocycles. The summed E-state index contributed by atoms with van der Waals surface area (Å²) in [6.45, 7) is 8.94. The second-order valence-electron chi connectivity index (χ2n) is 7.17. The van der Waals surface area contributed by atoms with Crippen molar-refractivity contribution in [2.24, 2.45) is 4.99 Å². The number of aliphatic imine (C=N–C) groups is 1. The van der Waals surface area contributed by atoms with E-state index in [2.05, 4.69) is 50.3 Å². The third kappa shape index (κ3) is 8.05. The predicted octanol–water partition coefficient (Wildman–Crippen LogP) is 3.55. The fraction of sp³-hybridized carbons (Fsp3) is 0.500. The lowest BCUT2D eigenvalue weighted by atomic mass is 10.1. The Labute approximate surface area is 201 Å². The third-order valence-corrected chi connectivity index (χ3v) is 5.80. The van der Waals surface area contributed by atoms with Crippen molar-refractivity contribution in [1.29, 1.82) is 0 Å². The molecule has 30 heavy (non-hydrogen) atoms. The molecule has 0 spiro atoms. The standard InChI is InChI=1S/C22H32N4O2S.HI/c1-18(20-7-14-29-17-20)15-24-22(23-2)25-16-19-5-3-4-6-21(19)28-13-10-26-8-11-27-12-9-26;/h3-7,14,17-18H,8-13,15-16H2,1-2H3,(H2,23,24,25);1H. The van der Waals surface area contributed by atoms with E-state index in [-0.39, 0.29) is 24.0 Å². The van der Waals surface area contributed by atoms with Gasteiger partial charge in [-0.1, -0.05) is 25.1 Å². The van der Waals surface area contributed by atoms with E-state index < -0.39 is 0 Å². The van der Waals surface area contributed by atoms with Crippen LogP contribution in [0.15, 0.2) is 46.1 Å². The minimum absolute atomic E-state index is 0. The van der Waals surface area contributed by atoms with E-state index in [0.717, 1.165) is 56.7 Å². The number of thiophene rings is 1. The first kappa shape index (κ1) is 24.9. The number of para-hydroxylation sites is 1. The maximum atomic E-state index is 6.07. The molecular weight excluding hydrogens is 511 g/mol. The summed E-state index contributed by atoms with van der Waals surface area (Å²) in [5, 5.41) is 11.1. The smallest absolute Gasteiger partial charge is 0.191 e. The van der Waals surface area contributed by atoms with Gasteiger partial charge in [-0.25, -0.2) is 0 Å². The van der Waals surface area contributed by atoms with Gasteiger partial charge in [0.1, 0.15) is 12.4 Å². The van der Waals surface area contributed by atoms with Gasteiger partial charge in [0.2, 0.25) is 0 Å². The summed E-state index contributed by atoms with van der Waals surface area (Å²) in [7, 11) is 1.80. The van der Waals surface area contributed by atoms with Crippen molar-refractivity contribution in [3.8, 4) is 5.75 Å². The largest absolute Gasteiger partial charge is 0.492 e. The van der Waals surface area contributed by atoms with Crippen molar-refractivity contribution >= 4 is 41.3 Å². The molecule has 3 rings (SSSR count). The van der Waals surface area contributed by atoms with Gasteiger partial charge in [-0.3, -0.25) is 9.89 Å². The topological polar surface area (TPSA) is 58.1 Å². The fourth-order valence-electron chi connectivity index (χ4n) is 3.22. The number of guanidine groups is 1. The lowest BCUT2D eigenvalue weighted by Crippen LogP contribution is -2.39. The molecule has 1 aliphatic heterocycles. The zero-order chi connectivity index (χ0) is 20.3.